The molecule has 0 spiro atoms. The van der Waals surface area contributed by atoms with Gasteiger partial charge in [0.25, 0.3) is 0 Å². The van der Waals surface area contributed by atoms with Gasteiger partial charge in [-0.15, -0.1) is 11.3 Å². The van der Waals surface area contributed by atoms with Crippen molar-refractivity contribution in [3.8, 4) is 0 Å². The standard InChI is InChI=1S/C19H18N4S2/c1-13-5-6-16(25-13)18-17(15-4-2-3-9-21-15)22-19(24)23(18)12-14-7-10-20-11-8-14/h2-11,17-18H,12H2,1H3,(H,22,24)/t17-,18+/m0/s1. The normalized spacial score (nSPS) is 19.9. The average molecular weight is 367 g/mol. The van der Waals surface area contributed by atoms with Crippen LogP contribution in [0.5, 0.6) is 0 Å². The first-order valence-corrected chi connectivity index (χ1v) is 9.38. The van der Waals surface area contributed by atoms with Gasteiger partial charge in [-0.1, -0.05) is 6.07 Å². The predicted molar refractivity (Wildman–Crippen MR) is 104 cm³/mol. The molecule has 25 heavy (non-hydrogen) atoms. The van der Waals surface area contributed by atoms with E-state index in [1.54, 1.807) is 0 Å². The van der Waals surface area contributed by atoms with Gasteiger partial charge in [-0.2, -0.15) is 0 Å². The maximum Gasteiger partial charge on any atom is 0.170 e. The quantitative estimate of drug-likeness (QED) is 0.706. The zero-order chi connectivity index (χ0) is 17.2. The minimum Gasteiger partial charge on any atom is -0.352 e. The highest BCUT2D eigenvalue weighted by atomic mass is 32.1. The number of hydrogen-bond donors (Lipinski definition) is 1. The van der Waals surface area contributed by atoms with Crippen LogP contribution in [0.3, 0.4) is 0 Å². The smallest absolute Gasteiger partial charge is 0.170 e. The second-order valence-electron chi connectivity index (χ2n) is 6.06. The molecule has 0 bridgehead atoms. The number of pyridine rings is 2. The Bertz CT molecular complexity index is 863. The summed E-state index contributed by atoms with van der Waals surface area (Å²) in [5.41, 5.74) is 2.21. The highest BCUT2D eigenvalue weighted by Gasteiger charge is 2.40. The summed E-state index contributed by atoms with van der Waals surface area (Å²) in [6.07, 6.45) is 5.48. The average Bonchev–Trinajstić information content (AvgIpc) is 3.20. The molecule has 1 saturated heterocycles. The molecule has 4 rings (SSSR count). The third kappa shape index (κ3) is 3.27. The van der Waals surface area contributed by atoms with Gasteiger partial charge in [-0.3, -0.25) is 9.97 Å². The SMILES string of the molecule is Cc1ccc([C@@H]2[C@H](c3ccccn3)NC(=S)N2Cc2ccncc2)s1. The Morgan fingerprint density at radius 1 is 1.12 bits per heavy atom. The van der Waals surface area contributed by atoms with Crippen LogP contribution in [0.2, 0.25) is 0 Å². The Labute approximate surface area is 156 Å². The lowest BCUT2D eigenvalue weighted by molar-refractivity contribution is 0.315. The van der Waals surface area contributed by atoms with E-state index in [1.165, 1.54) is 15.3 Å². The number of nitrogens with zero attached hydrogens (tertiary/aromatic N) is 3. The van der Waals surface area contributed by atoms with Crippen molar-refractivity contribution in [2.75, 3.05) is 0 Å². The van der Waals surface area contributed by atoms with Gasteiger partial charge >= 0.3 is 0 Å². The van der Waals surface area contributed by atoms with Crippen LogP contribution in [0, 0.1) is 6.92 Å². The van der Waals surface area contributed by atoms with Gasteiger partial charge < -0.3 is 10.2 Å². The number of aromatic nitrogens is 2. The number of nitrogens with one attached hydrogen (secondary N) is 1. The van der Waals surface area contributed by atoms with Gasteiger partial charge in [0, 0.05) is 34.9 Å². The van der Waals surface area contributed by atoms with E-state index in [0.29, 0.717) is 0 Å². The van der Waals surface area contributed by atoms with Gasteiger partial charge in [0.2, 0.25) is 0 Å². The van der Waals surface area contributed by atoms with Gasteiger partial charge in [0.05, 0.1) is 17.8 Å². The van der Waals surface area contributed by atoms with Crippen LogP contribution in [-0.4, -0.2) is 20.0 Å². The van der Waals surface area contributed by atoms with Crippen LogP contribution in [0.15, 0.2) is 61.1 Å². The summed E-state index contributed by atoms with van der Waals surface area (Å²) >= 11 is 7.49. The van der Waals surface area contributed by atoms with E-state index in [0.717, 1.165) is 17.4 Å². The molecular weight excluding hydrogens is 348 g/mol. The first-order chi connectivity index (χ1) is 12.2. The topological polar surface area (TPSA) is 41.1 Å². The summed E-state index contributed by atoms with van der Waals surface area (Å²) in [4.78, 5) is 13.5. The van der Waals surface area contributed by atoms with E-state index in [-0.39, 0.29) is 12.1 Å². The molecule has 0 aliphatic carbocycles. The predicted octanol–water partition coefficient (Wildman–Crippen LogP) is 4.02. The molecule has 3 aromatic heterocycles. The molecule has 126 valence electrons. The number of thiocarbonyl (C=S) groups is 1. The van der Waals surface area contributed by atoms with E-state index in [1.807, 2.05) is 54.2 Å². The number of aryl methyl sites for hydroxylation is 1. The Morgan fingerprint density at radius 2 is 1.96 bits per heavy atom. The van der Waals surface area contributed by atoms with E-state index in [4.69, 9.17) is 12.2 Å². The van der Waals surface area contributed by atoms with Crippen molar-refractivity contribution < 1.29 is 0 Å². The zero-order valence-electron chi connectivity index (χ0n) is 13.8. The second kappa shape index (κ2) is 6.90. The molecule has 1 aliphatic heterocycles. The Morgan fingerprint density at radius 3 is 2.64 bits per heavy atom. The molecule has 1 fully saturated rings. The summed E-state index contributed by atoms with van der Waals surface area (Å²) in [5.74, 6) is 0. The molecule has 0 saturated carbocycles. The van der Waals surface area contributed by atoms with E-state index >= 15 is 0 Å². The minimum atomic E-state index is 0.0496. The van der Waals surface area contributed by atoms with Gasteiger partial charge in [-0.05, 0) is 61.1 Å². The zero-order valence-corrected chi connectivity index (χ0v) is 15.4. The maximum absolute atomic E-state index is 5.68. The first-order valence-electron chi connectivity index (χ1n) is 8.15. The van der Waals surface area contributed by atoms with Crippen molar-refractivity contribution in [1.29, 1.82) is 0 Å². The molecule has 1 N–H and O–H groups in total. The number of thiophene rings is 1. The van der Waals surface area contributed by atoms with Crippen LogP contribution in [0.4, 0.5) is 0 Å². The first kappa shape index (κ1) is 16.2. The highest BCUT2D eigenvalue weighted by Crippen LogP contribution is 2.41. The number of hydrogen-bond acceptors (Lipinski definition) is 4. The summed E-state index contributed by atoms with van der Waals surface area (Å²) < 4.78 is 0. The Kier molecular flexibility index (Phi) is 4.46. The maximum atomic E-state index is 5.68. The van der Waals surface area contributed by atoms with Gasteiger partial charge in [0.15, 0.2) is 5.11 Å². The molecule has 6 heteroatoms. The molecule has 0 radical (unpaired) electrons. The molecule has 0 aromatic carbocycles. The van der Waals surface area contributed by atoms with E-state index in [2.05, 4.69) is 45.3 Å². The molecular formula is C19H18N4S2. The molecule has 2 atom stereocenters. The van der Waals surface area contributed by atoms with E-state index < -0.39 is 0 Å². The molecule has 0 unspecified atom stereocenters. The largest absolute Gasteiger partial charge is 0.352 e. The molecule has 0 amide bonds. The van der Waals surface area contributed by atoms with Crippen LogP contribution in [0.25, 0.3) is 0 Å². The van der Waals surface area contributed by atoms with Crippen molar-refractivity contribution >= 4 is 28.7 Å². The monoisotopic (exact) mass is 366 g/mol. The fourth-order valence-corrected chi connectivity index (χ4v) is 4.52. The van der Waals surface area contributed by atoms with Crippen LogP contribution >= 0.6 is 23.6 Å². The summed E-state index contributed by atoms with van der Waals surface area (Å²) in [7, 11) is 0. The van der Waals surface area contributed by atoms with Crippen molar-refractivity contribution in [3.63, 3.8) is 0 Å². The third-order valence-electron chi connectivity index (χ3n) is 4.35. The van der Waals surface area contributed by atoms with Crippen molar-refractivity contribution in [2.45, 2.75) is 25.6 Å². The molecule has 4 heterocycles. The minimum absolute atomic E-state index is 0.0496. The van der Waals surface area contributed by atoms with Gasteiger partial charge in [-0.25, -0.2) is 0 Å². The third-order valence-corrected chi connectivity index (χ3v) is 5.78. The van der Waals surface area contributed by atoms with Crippen molar-refractivity contribution in [1.82, 2.24) is 20.2 Å². The van der Waals surface area contributed by atoms with Crippen molar-refractivity contribution in [3.05, 3.63) is 82.1 Å². The van der Waals surface area contributed by atoms with E-state index in [9.17, 15) is 0 Å². The van der Waals surface area contributed by atoms with Crippen LogP contribution in [0.1, 0.15) is 33.1 Å². The Balaban J connectivity index is 1.72. The highest BCUT2D eigenvalue weighted by molar-refractivity contribution is 7.80. The second-order valence-corrected chi connectivity index (χ2v) is 7.76. The fraction of sp³-hybridized carbons (Fsp3) is 0.211. The lowest BCUT2D eigenvalue weighted by Gasteiger charge is -2.26. The van der Waals surface area contributed by atoms with Crippen LogP contribution in [-0.2, 0) is 6.54 Å². The summed E-state index contributed by atoms with van der Waals surface area (Å²) in [5, 5.41) is 4.25. The lowest BCUT2D eigenvalue weighted by Crippen LogP contribution is -2.28. The molecule has 1 aliphatic rings. The summed E-state index contributed by atoms with van der Waals surface area (Å²) in [6.45, 7) is 2.89. The van der Waals surface area contributed by atoms with Crippen molar-refractivity contribution in [2.24, 2.45) is 0 Å². The molecule has 3 aromatic rings. The lowest BCUT2D eigenvalue weighted by atomic mass is 10.0. The van der Waals surface area contributed by atoms with Gasteiger partial charge in [0.1, 0.15) is 0 Å². The molecule has 4 nitrogen and oxygen atoms in total. The Hall–Kier alpha value is -2.31. The fourth-order valence-electron chi connectivity index (χ4n) is 3.18. The summed E-state index contributed by atoms with van der Waals surface area (Å²) in [6, 6.07) is 14.6. The van der Waals surface area contributed by atoms with Crippen LogP contribution < -0.4 is 5.32 Å². The number of rotatable bonds is 4.